The van der Waals surface area contributed by atoms with Gasteiger partial charge in [-0.05, 0) is 18.3 Å². The van der Waals surface area contributed by atoms with Crippen LogP contribution in [0.2, 0.25) is 0 Å². The third-order valence-electron chi connectivity index (χ3n) is 3.62. The van der Waals surface area contributed by atoms with Crippen molar-refractivity contribution in [2.75, 3.05) is 0 Å². The molecule has 3 unspecified atom stereocenters. The van der Waals surface area contributed by atoms with Crippen molar-refractivity contribution < 1.29 is 0 Å². The van der Waals surface area contributed by atoms with E-state index >= 15 is 0 Å². The summed E-state index contributed by atoms with van der Waals surface area (Å²) in [6.45, 7) is 2.32. The second kappa shape index (κ2) is 4.33. The number of rotatable bonds is 3. The summed E-state index contributed by atoms with van der Waals surface area (Å²) >= 11 is 0. The highest BCUT2D eigenvalue weighted by atomic mass is 15.3. The molecular formula is C11H20N4. The fourth-order valence-corrected chi connectivity index (χ4v) is 2.74. The Morgan fingerprint density at radius 1 is 1.60 bits per heavy atom. The second-order valence-electron chi connectivity index (χ2n) is 4.66. The monoisotopic (exact) mass is 208 g/mol. The molecule has 1 saturated carbocycles. The Balaban J connectivity index is 2.16. The van der Waals surface area contributed by atoms with Crippen molar-refractivity contribution >= 4 is 0 Å². The van der Waals surface area contributed by atoms with Gasteiger partial charge in [0.2, 0.25) is 0 Å². The van der Waals surface area contributed by atoms with Gasteiger partial charge in [0.25, 0.3) is 0 Å². The maximum Gasteiger partial charge on any atom is 0.0538 e. The molecule has 0 amide bonds. The number of hydrogen-bond acceptors (Lipinski definition) is 3. The van der Waals surface area contributed by atoms with Gasteiger partial charge in [0.15, 0.2) is 0 Å². The zero-order valence-corrected chi connectivity index (χ0v) is 9.48. The lowest BCUT2D eigenvalue weighted by molar-refractivity contribution is 0.304. The average molecular weight is 208 g/mol. The van der Waals surface area contributed by atoms with Gasteiger partial charge in [0, 0.05) is 18.8 Å². The summed E-state index contributed by atoms with van der Waals surface area (Å²) in [6, 6.07) is 0.260. The first-order valence-corrected chi connectivity index (χ1v) is 5.67. The highest BCUT2D eigenvalue weighted by molar-refractivity contribution is 5.12. The molecule has 0 spiro atoms. The molecule has 1 aliphatic carbocycles. The largest absolute Gasteiger partial charge is 0.275 e. The van der Waals surface area contributed by atoms with Crippen LogP contribution in [0.1, 0.15) is 37.8 Å². The first-order chi connectivity index (χ1) is 7.22. The third kappa shape index (κ3) is 2.06. The van der Waals surface area contributed by atoms with Crippen LogP contribution in [0.15, 0.2) is 12.4 Å². The van der Waals surface area contributed by atoms with Crippen molar-refractivity contribution in [3.05, 3.63) is 18.0 Å². The zero-order chi connectivity index (χ0) is 10.8. The van der Waals surface area contributed by atoms with E-state index in [1.165, 1.54) is 24.8 Å². The molecule has 4 heteroatoms. The van der Waals surface area contributed by atoms with Crippen LogP contribution in [0.25, 0.3) is 0 Å². The Labute approximate surface area is 90.8 Å². The highest BCUT2D eigenvalue weighted by Crippen LogP contribution is 2.39. The molecule has 0 bridgehead atoms. The summed E-state index contributed by atoms with van der Waals surface area (Å²) in [5.41, 5.74) is 4.16. The first kappa shape index (κ1) is 10.6. The van der Waals surface area contributed by atoms with Crippen molar-refractivity contribution in [3.63, 3.8) is 0 Å². The number of aromatic nitrogens is 2. The second-order valence-corrected chi connectivity index (χ2v) is 4.66. The lowest BCUT2D eigenvalue weighted by Crippen LogP contribution is -2.34. The third-order valence-corrected chi connectivity index (χ3v) is 3.62. The molecule has 0 radical (unpaired) electrons. The van der Waals surface area contributed by atoms with Crippen molar-refractivity contribution in [2.45, 2.75) is 32.2 Å². The van der Waals surface area contributed by atoms with Gasteiger partial charge in [-0.3, -0.25) is 16.0 Å². The van der Waals surface area contributed by atoms with E-state index in [-0.39, 0.29) is 6.04 Å². The Bertz CT molecular complexity index is 320. The Morgan fingerprint density at radius 2 is 2.40 bits per heavy atom. The van der Waals surface area contributed by atoms with E-state index < -0.39 is 0 Å². The predicted molar refractivity (Wildman–Crippen MR) is 59.8 cm³/mol. The highest BCUT2D eigenvalue weighted by Gasteiger charge is 2.31. The summed E-state index contributed by atoms with van der Waals surface area (Å²) in [5.74, 6) is 7.08. The van der Waals surface area contributed by atoms with E-state index in [1.54, 1.807) is 0 Å². The van der Waals surface area contributed by atoms with E-state index in [9.17, 15) is 0 Å². The molecule has 1 aromatic heterocycles. The molecule has 84 valence electrons. The minimum atomic E-state index is 0.260. The standard InChI is InChI=1S/C11H20N4/c1-8-4-3-5-10(8)11(14-12)9-6-13-15(2)7-9/h6-8,10-11,14H,3-5,12H2,1-2H3. The lowest BCUT2D eigenvalue weighted by atomic mass is 9.87. The molecular weight excluding hydrogens is 188 g/mol. The number of nitrogens with one attached hydrogen (secondary N) is 1. The van der Waals surface area contributed by atoms with Crippen LogP contribution >= 0.6 is 0 Å². The summed E-state index contributed by atoms with van der Waals surface area (Å²) in [7, 11) is 1.94. The minimum absolute atomic E-state index is 0.260. The molecule has 2 rings (SSSR count). The summed E-state index contributed by atoms with van der Waals surface area (Å²) in [6.07, 6.45) is 7.88. The SMILES string of the molecule is CC1CCCC1C(NN)c1cnn(C)c1. The average Bonchev–Trinajstić information content (AvgIpc) is 2.79. The van der Waals surface area contributed by atoms with Crippen LogP contribution < -0.4 is 11.3 Å². The van der Waals surface area contributed by atoms with Gasteiger partial charge in [0.05, 0.1) is 12.2 Å². The van der Waals surface area contributed by atoms with Crippen molar-refractivity contribution in [2.24, 2.45) is 24.7 Å². The van der Waals surface area contributed by atoms with Gasteiger partial charge in [0.1, 0.15) is 0 Å². The van der Waals surface area contributed by atoms with E-state index in [2.05, 4.69) is 23.6 Å². The van der Waals surface area contributed by atoms with Gasteiger partial charge in [-0.25, -0.2) is 0 Å². The number of nitrogens with zero attached hydrogens (tertiary/aromatic N) is 2. The number of nitrogens with two attached hydrogens (primary N) is 1. The van der Waals surface area contributed by atoms with E-state index in [0.29, 0.717) is 5.92 Å². The van der Waals surface area contributed by atoms with Crippen LogP contribution in [-0.4, -0.2) is 9.78 Å². The molecule has 3 N–H and O–H groups in total. The summed E-state index contributed by atoms with van der Waals surface area (Å²) in [4.78, 5) is 0. The van der Waals surface area contributed by atoms with Gasteiger partial charge in [-0.2, -0.15) is 5.10 Å². The Kier molecular flexibility index (Phi) is 3.07. The fourth-order valence-electron chi connectivity index (χ4n) is 2.74. The molecule has 1 aliphatic rings. The van der Waals surface area contributed by atoms with Gasteiger partial charge in [-0.15, -0.1) is 0 Å². The molecule has 1 fully saturated rings. The maximum absolute atomic E-state index is 5.67. The smallest absolute Gasteiger partial charge is 0.0538 e. The van der Waals surface area contributed by atoms with Crippen LogP contribution in [0, 0.1) is 11.8 Å². The molecule has 3 atom stereocenters. The Hall–Kier alpha value is -0.870. The van der Waals surface area contributed by atoms with Crippen molar-refractivity contribution in [1.29, 1.82) is 0 Å². The topological polar surface area (TPSA) is 55.9 Å². The molecule has 0 saturated heterocycles. The molecule has 1 aromatic rings. The van der Waals surface area contributed by atoms with E-state index in [0.717, 1.165) is 5.92 Å². The molecule has 15 heavy (non-hydrogen) atoms. The predicted octanol–water partition coefficient (Wildman–Crippen LogP) is 1.36. The maximum atomic E-state index is 5.67. The van der Waals surface area contributed by atoms with Gasteiger partial charge < -0.3 is 0 Å². The first-order valence-electron chi connectivity index (χ1n) is 5.67. The summed E-state index contributed by atoms with van der Waals surface area (Å²) in [5, 5.41) is 4.20. The number of hydrogen-bond donors (Lipinski definition) is 2. The number of hydrazine groups is 1. The van der Waals surface area contributed by atoms with Gasteiger partial charge in [-0.1, -0.05) is 19.8 Å². The quantitative estimate of drug-likeness (QED) is 0.582. The lowest BCUT2D eigenvalue weighted by Gasteiger charge is -2.25. The van der Waals surface area contributed by atoms with Crippen LogP contribution in [-0.2, 0) is 7.05 Å². The van der Waals surface area contributed by atoms with Crippen molar-refractivity contribution in [3.8, 4) is 0 Å². The zero-order valence-electron chi connectivity index (χ0n) is 9.48. The molecule has 0 aliphatic heterocycles. The molecule has 4 nitrogen and oxygen atoms in total. The van der Waals surface area contributed by atoms with Crippen LogP contribution in [0.3, 0.4) is 0 Å². The van der Waals surface area contributed by atoms with E-state index in [1.807, 2.05) is 17.9 Å². The van der Waals surface area contributed by atoms with Gasteiger partial charge >= 0.3 is 0 Å². The van der Waals surface area contributed by atoms with Crippen LogP contribution in [0.5, 0.6) is 0 Å². The number of aryl methyl sites for hydroxylation is 1. The van der Waals surface area contributed by atoms with Crippen molar-refractivity contribution in [1.82, 2.24) is 15.2 Å². The fraction of sp³-hybridized carbons (Fsp3) is 0.727. The van der Waals surface area contributed by atoms with Crippen LogP contribution in [0.4, 0.5) is 0 Å². The molecule has 0 aromatic carbocycles. The Morgan fingerprint density at radius 3 is 2.87 bits per heavy atom. The minimum Gasteiger partial charge on any atom is -0.275 e. The molecule has 1 heterocycles. The summed E-state index contributed by atoms with van der Waals surface area (Å²) < 4.78 is 1.83. The normalized spacial score (nSPS) is 28.2. The van der Waals surface area contributed by atoms with E-state index in [4.69, 9.17) is 5.84 Å².